The molecule has 2 amide bonds. The van der Waals surface area contributed by atoms with Gasteiger partial charge in [0.25, 0.3) is 0 Å². The second-order valence-corrected chi connectivity index (χ2v) is 12.6. The van der Waals surface area contributed by atoms with Gasteiger partial charge in [-0.2, -0.15) is 0 Å². The molecule has 1 unspecified atom stereocenters. The summed E-state index contributed by atoms with van der Waals surface area (Å²) in [6, 6.07) is 19.5. The highest BCUT2D eigenvalue weighted by atomic mass is 35.5. The Kier molecular flexibility index (Phi) is 11.3. The van der Waals surface area contributed by atoms with Crippen LogP contribution in [-0.2, 0) is 28.3 Å². The standard InChI is InChI=1S/C29H30Cl4N2O2S/c1-29(2,3)34-28(37)26(14-19-7-5-4-6-8-19)35(16-20-9-12-23(31)25(33)13-20)27(36)18-38-17-21-10-11-22(30)15-24(21)32/h4-13,15,26H,14,16-18H2,1-3H3,(H,34,37). The predicted molar refractivity (Wildman–Crippen MR) is 161 cm³/mol. The fourth-order valence-electron chi connectivity index (χ4n) is 3.81. The highest BCUT2D eigenvalue weighted by Crippen LogP contribution is 2.27. The van der Waals surface area contributed by atoms with Crippen LogP contribution in [0.15, 0.2) is 66.7 Å². The third-order valence-electron chi connectivity index (χ3n) is 5.60. The van der Waals surface area contributed by atoms with Gasteiger partial charge in [0.2, 0.25) is 11.8 Å². The molecule has 38 heavy (non-hydrogen) atoms. The molecule has 9 heteroatoms. The largest absolute Gasteiger partial charge is 0.350 e. The zero-order valence-corrected chi connectivity index (χ0v) is 25.3. The molecule has 3 aromatic rings. The van der Waals surface area contributed by atoms with Crippen molar-refractivity contribution in [2.45, 2.75) is 51.1 Å². The summed E-state index contributed by atoms with van der Waals surface area (Å²) in [5.41, 5.74) is 2.15. The molecule has 3 aromatic carbocycles. The molecule has 0 saturated carbocycles. The number of hydrogen-bond acceptors (Lipinski definition) is 3. The van der Waals surface area contributed by atoms with E-state index in [1.807, 2.05) is 63.2 Å². The van der Waals surface area contributed by atoms with Gasteiger partial charge in [0, 0.05) is 34.3 Å². The van der Waals surface area contributed by atoms with Crippen molar-refractivity contribution in [1.82, 2.24) is 10.2 Å². The summed E-state index contributed by atoms with van der Waals surface area (Å²) >= 11 is 26.2. The first-order valence-corrected chi connectivity index (χ1v) is 14.7. The Labute approximate surface area is 249 Å². The Morgan fingerprint density at radius 3 is 2.21 bits per heavy atom. The molecule has 202 valence electrons. The number of hydrogen-bond donors (Lipinski definition) is 1. The van der Waals surface area contributed by atoms with E-state index in [9.17, 15) is 9.59 Å². The third kappa shape index (κ3) is 9.39. The van der Waals surface area contributed by atoms with Crippen LogP contribution in [0.25, 0.3) is 0 Å². The average Bonchev–Trinajstić information content (AvgIpc) is 2.84. The number of halogens is 4. The second-order valence-electron chi connectivity index (χ2n) is 9.94. The maximum atomic E-state index is 13.7. The van der Waals surface area contributed by atoms with E-state index < -0.39 is 11.6 Å². The minimum Gasteiger partial charge on any atom is -0.350 e. The zero-order chi connectivity index (χ0) is 27.9. The maximum absolute atomic E-state index is 13.7. The molecule has 1 N–H and O–H groups in total. The Morgan fingerprint density at radius 1 is 0.868 bits per heavy atom. The predicted octanol–water partition coefficient (Wildman–Crippen LogP) is 8.09. The first kappa shape index (κ1) is 30.6. The van der Waals surface area contributed by atoms with Gasteiger partial charge >= 0.3 is 0 Å². The quantitative estimate of drug-likeness (QED) is 0.252. The number of nitrogens with one attached hydrogen (secondary N) is 1. The first-order chi connectivity index (χ1) is 17.9. The second kappa shape index (κ2) is 14.0. The van der Waals surface area contributed by atoms with Crippen LogP contribution >= 0.6 is 58.2 Å². The molecule has 0 fully saturated rings. The SMILES string of the molecule is CC(C)(C)NC(=O)C(Cc1ccccc1)N(Cc1ccc(Cl)c(Cl)c1)C(=O)CSCc1ccc(Cl)cc1Cl. The van der Waals surface area contributed by atoms with Crippen LogP contribution in [0.5, 0.6) is 0 Å². The van der Waals surface area contributed by atoms with Crippen molar-refractivity contribution >= 4 is 70.0 Å². The van der Waals surface area contributed by atoms with Gasteiger partial charge in [0.1, 0.15) is 6.04 Å². The van der Waals surface area contributed by atoms with Gasteiger partial charge in [-0.15, -0.1) is 11.8 Å². The van der Waals surface area contributed by atoms with Crippen molar-refractivity contribution in [1.29, 1.82) is 0 Å². The van der Waals surface area contributed by atoms with E-state index in [1.54, 1.807) is 29.2 Å². The number of benzene rings is 3. The topological polar surface area (TPSA) is 49.4 Å². The van der Waals surface area contributed by atoms with Crippen LogP contribution < -0.4 is 5.32 Å². The molecular weight excluding hydrogens is 582 g/mol. The van der Waals surface area contributed by atoms with Crippen molar-refractivity contribution in [3.8, 4) is 0 Å². The smallest absolute Gasteiger partial charge is 0.243 e. The van der Waals surface area contributed by atoms with Crippen LogP contribution in [0.2, 0.25) is 20.1 Å². The molecule has 0 aromatic heterocycles. The van der Waals surface area contributed by atoms with E-state index in [-0.39, 0.29) is 24.1 Å². The van der Waals surface area contributed by atoms with E-state index in [2.05, 4.69) is 5.32 Å². The zero-order valence-electron chi connectivity index (χ0n) is 21.4. The van der Waals surface area contributed by atoms with Gasteiger partial charge in [-0.3, -0.25) is 9.59 Å². The molecule has 0 spiro atoms. The third-order valence-corrected chi connectivity index (χ3v) is 7.90. The molecule has 0 aliphatic rings. The number of nitrogens with zero attached hydrogens (tertiary/aromatic N) is 1. The molecule has 0 saturated heterocycles. The molecular formula is C29H30Cl4N2O2S. The molecule has 0 heterocycles. The molecule has 0 aliphatic heterocycles. The fraction of sp³-hybridized carbons (Fsp3) is 0.310. The number of amides is 2. The molecule has 1 atom stereocenters. The molecule has 0 radical (unpaired) electrons. The first-order valence-electron chi connectivity index (χ1n) is 12.0. The van der Waals surface area contributed by atoms with Crippen molar-refractivity contribution in [3.05, 3.63) is 104 Å². The Hall–Kier alpha value is -1.89. The van der Waals surface area contributed by atoms with Crippen LogP contribution in [0.4, 0.5) is 0 Å². The molecule has 0 aliphatic carbocycles. The summed E-state index contributed by atoms with van der Waals surface area (Å²) in [5.74, 6) is 0.297. The van der Waals surface area contributed by atoms with Crippen LogP contribution in [0, 0.1) is 0 Å². The number of thioether (sulfide) groups is 1. The Bertz CT molecular complexity index is 1270. The number of carbonyl (C=O) groups is 2. The average molecular weight is 612 g/mol. The van der Waals surface area contributed by atoms with E-state index in [4.69, 9.17) is 46.4 Å². The molecule has 4 nitrogen and oxygen atoms in total. The lowest BCUT2D eigenvalue weighted by molar-refractivity contribution is -0.140. The fourth-order valence-corrected chi connectivity index (χ4v) is 5.60. The lowest BCUT2D eigenvalue weighted by atomic mass is 10.0. The maximum Gasteiger partial charge on any atom is 0.243 e. The molecule has 0 bridgehead atoms. The molecule has 3 rings (SSSR count). The van der Waals surface area contributed by atoms with E-state index in [1.165, 1.54) is 11.8 Å². The summed E-state index contributed by atoms with van der Waals surface area (Å²) < 4.78 is 0. The van der Waals surface area contributed by atoms with Crippen molar-refractivity contribution < 1.29 is 9.59 Å². The summed E-state index contributed by atoms with van der Waals surface area (Å²) in [5, 5.41) is 4.98. The summed E-state index contributed by atoms with van der Waals surface area (Å²) in [6.45, 7) is 5.96. The van der Waals surface area contributed by atoms with Gasteiger partial charge in [0.15, 0.2) is 0 Å². The van der Waals surface area contributed by atoms with Gasteiger partial charge in [0.05, 0.1) is 15.8 Å². The minimum atomic E-state index is -0.738. The Balaban J connectivity index is 1.90. The normalized spacial score (nSPS) is 12.2. The van der Waals surface area contributed by atoms with Gasteiger partial charge in [-0.25, -0.2) is 0 Å². The van der Waals surface area contributed by atoms with E-state index in [0.717, 1.165) is 16.7 Å². The minimum absolute atomic E-state index is 0.161. The van der Waals surface area contributed by atoms with Crippen molar-refractivity contribution in [3.63, 3.8) is 0 Å². The van der Waals surface area contributed by atoms with Crippen molar-refractivity contribution in [2.75, 3.05) is 5.75 Å². The van der Waals surface area contributed by atoms with Gasteiger partial charge in [-0.1, -0.05) is 88.9 Å². The van der Waals surface area contributed by atoms with Crippen LogP contribution in [0.1, 0.15) is 37.5 Å². The van der Waals surface area contributed by atoms with E-state index in [0.29, 0.717) is 32.3 Å². The summed E-state index contributed by atoms with van der Waals surface area (Å²) in [6.07, 6.45) is 0.365. The summed E-state index contributed by atoms with van der Waals surface area (Å²) in [7, 11) is 0. The van der Waals surface area contributed by atoms with E-state index >= 15 is 0 Å². The lowest BCUT2D eigenvalue weighted by Crippen LogP contribution is -2.54. The van der Waals surface area contributed by atoms with Crippen molar-refractivity contribution in [2.24, 2.45) is 0 Å². The van der Waals surface area contributed by atoms with Crippen LogP contribution in [0.3, 0.4) is 0 Å². The monoisotopic (exact) mass is 610 g/mol. The van der Waals surface area contributed by atoms with Gasteiger partial charge < -0.3 is 10.2 Å². The lowest BCUT2D eigenvalue weighted by Gasteiger charge is -2.34. The number of rotatable bonds is 10. The highest BCUT2D eigenvalue weighted by molar-refractivity contribution is 7.99. The van der Waals surface area contributed by atoms with Crippen LogP contribution in [-0.4, -0.2) is 34.0 Å². The highest BCUT2D eigenvalue weighted by Gasteiger charge is 2.32. The summed E-state index contributed by atoms with van der Waals surface area (Å²) in [4.78, 5) is 29.0. The Morgan fingerprint density at radius 2 is 1.58 bits per heavy atom. The number of carbonyl (C=O) groups excluding carboxylic acids is 2. The van der Waals surface area contributed by atoms with Gasteiger partial charge in [-0.05, 0) is 61.7 Å².